The molecular formula is C14H29N3O. The molecule has 0 amide bonds. The summed E-state index contributed by atoms with van der Waals surface area (Å²) in [6.45, 7) is 7.11. The molecular weight excluding hydrogens is 226 g/mol. The molecule has 3 N–H and O–H groups in total. The van der Waals surface area contributed by atoms with Crippen LogP contribution in [0.15, 0.2) is 0 Å². The molecule has 4 unspecified atom stereocenters. The minimum atomic E-state index is 0.369. The van der Waals surface area contributed by atoms with Crippen molar-refractivity contribution in [3.8, 4) is 0 Å². The number of nitrogens with two attached hydrogens (primary N) is 1. The van der Waals surface area contributed by atoms with Crippen molar-refractivity contribution in [1.29, 1.82) is 0 Å². The third-order valence-corrected chi connectivity index (χ3v) is 4.53. The first-order chi connectivity index (χ1) is 8.72. The Kier molecular flexibility index (Phi) is 5.42. The van der Waals surface area contributed by atoms with Crippen molar-refractivity contribution >= 4 is 0 Å². The molecule has 2 aliphatic rings. The van der Waals surface area contributed by atoms with Gasteiger partial charge in [0.15, 0.2) is 0 Å². The van der Waals surface area contributed by atoms with E-state index >= 15 is 0 Å². The third-order valence-electron chi connectivity index (χ3n) is 4.53. The van der Waals surface area contributed by atoms with Gasteiger partial charge in [0.05, 0.1) is 6.61 Å². The zero-order valence-corrected chi connectivity index (χ0v) is 11.9. The lowest BCUT2D eigenvalue weighted by Gasteiger charge is -2.43. The summed E-state index contributed by atoms with van der Waals surface area (Å²) >= 11 is 0. The smallest absolute Gasteiger partial charge is 0.0510 e. The van der Waals surface area contributed by atoms with Gasteiger partial charge in [-0.2, -0.15) is 0 Å². The Morgan fingerprint density at radius 2 is 1.94 bits per heavy atom. The van der Waals surface area contributed by atoms with E-state index in [0.717, 1.165) is 13.2 Å². The molecule has 106 valence electrons. The zero-order valence-electron chi connectivity index (χ0n) is 11.9. The highest BCUT2D eigenvalue weighted by atomic mass is 16.5. The van der Waals surface area contributed by atoms with E-state index in [1.54, 1.807) is 0 Å². The second-order valence-electron chi connectivity index (χ2n) is 5.98. The maximum Gasteiger partial charge on any atom is 0.0510 e. The Morgan fingerprint density at radius 3 is 2.50 bits per heavy atom. The van der Waals surface area contributed by atoms with Gasteiger partial charge in [0.25, 0.3) is 0 Å². The van der Waals surface area contributed by atoms with E-state index in [0.29, 0.717) is 30.6 Å². The monoisotopic (exact) mass is 255 g/mol. The molecule has 0 aliphatic carbocycles. The molecule has 0 saturated carbocycles. The molecule has 2 aliphatic heterocycles. The molecule has 4 nitrogen and oxygen atoms in total. The molecule has 0 radical (unpaired) electrons. The first-order valence-corrected chi connectivity index (χ1v) is 7.54. The fourth-order valence-electron chi connectivity index (χ4n) is 3.30. The normalized spacial score (nSPS) is 36.5. The van der Waals surface area contributed by atoms with Crippen LogP contribution in [0.1, 0.15) is 46.0 Å². The summed E-state index contributed by atoms with van der Waals surface area (Å²) in [4.78, 5) is 0. The van der Waals surface area contributed by atoms with Crippen molar-refractivity contribution in [2.24, 2.45) is 11.7 Å². The topological polar surface area (TPSA) is 50.5 Å². The molecule has 4 heteroatoms. The van der Waals surface area contributed by atoms with E-state index in [1.807, 2.05) is 0 Å². The summed E-state index contributed by atoms with van der Waals surface area (Å²) in [5.74, 6) is 0.574. The van der Waals surface area contributed by atoms with Crippen molar-refractivity contribution in [2.45, 2.75) is 64.1 Å². The molecule has 4 atom stereocenters. The lowest BCUT2D eigenvalue weighted by atomic mass is 9.93. The van der Waals surface area contributed by atoms with Gasteiger partial charge in [-0.1, -0.05) is 6.42 Å². The number of piperidine rings is 1. The van der Waals surface area contributed by atoms with E-state index < -0.39 is 0 Å². The number of hydrogen-bond acceptors (Lipinski definition) is 4. The van der Waals surface area contributed by atoms with Gasteiger partial charge in [0, 0.05) is 37.2 Å². The van der Waals surface area contributed by atoms with E-state index in [4.69, 9.17) is 10.5 Å². The Bertz CT molecular complexity index is 233. The first-order valence-electron chi connectivity index (χ1n) is 7.54. The molecule has 2 fully saturated rings. The van der Waals surface area contributed by atoms with Crippen LogP contribution in [0.4, 0.5) is 0 Å². The van der Waals surface area contributed by atoms with Crippen LogP contribution in [0.25, 0.3) is 0 Å². The van der Waals surface area contributed by atoms with E-state index in [1.165, 1.54) is 32.1 Å². The second-order valence-corrected chi connectivity index (χ2v) is 5.98. The summed E-state index contributed by atoms with van der Waals surface area (Å²) in [7, 11) is 0. The minimum Gasteiger partial charge on any atom is -0.381 e. The fourth-order valence-corrected chi connectivity index (χ4v) is 3.30. The summed E-state index contributed by atoms with van der Waals surface area (Å²) in [6, 6.07) is 1.60. The maximum atomic E-state index is 5.97. The summed E-state index contributed by atoms with van der Waals surface area (Å²) in [5, 5.41) is 2.44. The average molecular weight is 255 g/mol. The molecule has 0 bridgehead atoms. The van der Waals surface area contributed by atoms with Gasteiger partial charge in [-0.25, -0.2) is 10.4 Å². The predicted octanol–water partition coefficient (Wildman–Crippen LogP) is 1.51. The number of hydrazine groups is 1. The molecule has 0 aromatic rings. The predicted molar refractivity (Wildman–Crippen MR) is 74.1 cm³/mol. The highest BCUT2D eigenvalue weighted by Crippen LogP contribution is 2.23. The number of nitrogens with one attached hydrogen (secondary N) is 1. The van der Waals surface area contributed by atoms with Crippen LogP contribution in [0.5, 0.6) is 0 Å². The van der Waals surface area contributed by atoms with Gasteiger partial charge in [0.2, 0.25) is 0 Å². The quantitative estimate of drug-likeness (QED) is 0.799. The highest BCUT2D eigenvalue weighted by Gasteiger charge is 2.30. The van der Waals surface area contributed by atoms with Crippen LogP contribution >= 0.6 is 0 Å². The average Bonchev–Trinajstić information content (AvgIpc) is 2.40. The van der Waals surface area contributed by atoms with E-state index in [9.17, 15) is 0 Å². The van der Waals surface area contributed by atoms with Crippen LogP contribution in [-0.4, -0.2) is 42.9 Å². The Balaban J connectivity index is 1.91. The standard InChI is InChI=1S/C14H29N3O/c1-11-5-3-6-12(2)17(11)16-14(9-15)13-7-4-8-18-10-13/h11-14,16H,3-10,15H2,1-2H3. The second kappa shape index (κ2) is 6.85. The molecule has 0 aromatic carbocycles. The summed E-state index contributed by atoms with van der Waals surface area (Å²) in [5.41, 5.74) is 9.67. The van der Waals surface area contributed by atoms with Gasteiger partial charge in [-0.3, -0.25) is 0 Å². The summed E-state index contributed by atoms with van der Waals surface area (Å²) < 4.78 is 5.59. The zero-order chi connectivity index (χ0) is 13.0. The van der Waals surface area contributed by atoms with Gasteiger partial charge < -0.3 is 10.5 Å². The van der Waals surface area contributed by atoms with Crippen LogP contribution in [0.3, 0.4) is 0 Å². The number of hydrogen-bond donors (Lipinski definition) is 2. The molecule has 2 saturated heterocycles. The number of nitrogens with zero attached hydrogens (tertiary/aromatic N) is 1. The minimum absolute atomic E-state index is 0.369. The molecule has 2 heterocycles. The largest absolute Gasteiger partial charge is 0.381 e. The Hall–Kier alpha value is -0.160. The van der Waals surface area contributed by atoms with Crippen LogP contribution in [0.2, 0.25) is 0 Å². The van der Waals surface area contributed by atoms with Crippen molar-refractivity contribution in [1.82, 2.24) is 10.4 Å². The number of rotatable bonds is 4. The molecule has 18 heavy (non-hydrogen) atoms. The SMILES string of the molecule is CC1CCCC(C)N1NC(CN)C1CCCOC1. The van der Waals surface area contributed by atoms with Crippen LogP contribution < -0.4 is 11.2 Å². The molecule has 0 spiro atoms. The third kappa shape index (κ3) is 3.44. The van der Waals surface area contributed by atoms with E-state index in [-0.39, 0.29) is 0 Å². The number of ether oxygens (including phenoxy) is 1. The fraction of sp³-hybridized carbons (Fsp3) is 1.00. The Labute approximate surface area is 111 Å². The first kappa shape index (κ1) is 14.3. The molecule has 2 rings (SSSR count). The van der Waals surface area contributed by atoms with Crippen molar-refractivity contribution in [3.05, 3.63) is 0 Å². The van der Waals surface area contributed by atoms with Gasteiger partial charge in [-0.05, 0) is 39.5 Å². The Morgan fingerprint density at radius 1 is 1.22 bits per heavy atom. The lowest BCUT2D eigenvalue weighted by molar-refractivity contribution is -0.0120. The van der Waals surface area contributed by atoms with E-state index in [2.05, 4.69) is 24.3 Å². The van der Waals surface area contributed by atoms with Gasteiger partial charge >= 0.3 is 0 Å². The van der Waals surface area contributed by atoms with Crippen molar-refractivity contribution in [3.63, 3.8) is 0 Å². The molecule has 0 aromatic heterocycles. The maximum absolute atomic E-state index is 5.97. The highest BCUT2D eigenvalue weighted by molar-refractivity contribution is 4.83. The lowest BCUT2D eigenvalue weighted by Crippen LogP contribution is -2.59. The summed E-state index contributed by atoms with van der Waals surface area (Å²) in [6.07, 6.45) is 6.34. The van der Waals surface area contributed by atoms with Gasteiger partial charge in [-0.15, -0.1) is 0 Å². The van der Waals surface area contributed by atoms with Gasteiger partial charge in [0.1, 0.15) is 0 Å². The van der Waals surface area contributed by atoms with Crippen molar-refractivity contribution in [2.75, 3.05) is 19.8 Å². The van der Waals surface area contributed by atoms with Crippen LogP contribution in [-0.2, 0) is 4.74 Å². The van der Waals surface area contributed by atoms with Crippen molar-refractivity contribution < 1.29 is 4.74 Å². The van der Waals surface area contributed by atoms with Crippen LogP contribution in [0, 0.1) is 5.92 Å².